The first kappa shape index (κ1) is 16.7. The first-order chi connectivity index (χ1) is 11.3. The van der Waals surface area contributed by atoms with E-state index >= 15 is 0 Å². The second kappa shape index (κ2) is 6.05. The fourth-order valence-corrected chi connectivity index (χ4v) is 3.98. The van der Waals surface area contributed by atoms with Crippen molar-refractivity contribution in [3.05, 3.63) is 28.5 Å². The van der Waals surface area contributed by atoms with Gasteiger partial charge in [-0.25, -0.2) is 4.98 Å². The van der Waals surface area contributed by atoms with Gasteiger partial charge in [-0.05, 0) is 45.7 Å². The highest BCUT2D eigenvalue weighted by Gasteiger charge is 2.40. The molecule has 1 N–H and O–H groups in total. The Morgan fingerprint density at radius 3 is 2.75 bits per heavy atom. The maximum absolute atomic E-state index is 12.9. The molecule has 2 aromatic heterocycles. The smallest absolute Gasteiger partial charge is 0.311 e. The van der Waals surface area contributed by atoms with Crippen LogP contribution in [0.5, 0.6) is 0 Å². The maximum atomic E-state index is 12.9. The van der Waals surface area contributed by atoms with Crippen molar-refractivity contribution in [2.24, 2.45) is 5.41 Å². The highest BCUT2D eigenvalue weighted by molar-refractivity contribution is 7.17. The summed E-state index contributed by atoms with van der Waals surface area (Å²) in [6.45, 7) is 6.16. The molecule has 0 spiro atoms. The van der Waals surface area contributed by atoms with E-state index in [0.29, 0.717) is 40.7 Å². The summed E-state index contributed by atoms with van der Waals surface area (Å²) in [6.07, 6.45) is 1.28. The Labute approximate surface area is 144 Å². The minimum absolute atomic E-state index is 0.147. The normalized spacial score (nSPS) is 21.0. The van der Waals surface area contributed by atoms with Crippen LogP contribution in [0.25, 0.3) is 10.8 Å². The number of aryl methyl sites for hydroxylation is 2. The minimum Gasteiger partial charge on any atom is -0.481 e. The Morgan fingerprint density at radius 1 is 1.38 bits per heavy atom. The fraction of sp³-hybridized carbons (Fsp3) is 0.471. The van der Waals surface area contributed by atoms with Crippen LogP contribution in [0.4, 0.5) is 0 Å². The molecule has 24 heavy (non-hydrogen) atoms. The molecule has 1 unspecified atom stereocenters. The molecule has 1 amide bonds. The molecule has 3 rings (SSSR count). The van der Waals surface area contributed by atoms with E-state index in [-0.39, 0.29) is 12.5 Å². The van der Waals surface area contributed by atoms with E-state index in [9.17, 15) is 14.7 Å². The van der Waals surface area contributed by atoms with E-state index in [1.54, 1.807) is 18.7 Å². The monoisotopic (exact) mass is 348 g/mol. The molecule has 3 heterocycles. The van der Waals surface area contributed by atoms with Crippen LogP contribution in [-0.2, 0) is 4.79 Å². The van der Waals surface area contributed by atoms with Gasteiger partial charge < -0.3 is 14.4 Å². The van der Waals surface area contributed by atoms with Crippen LogP contribution >= 0.6 is 11.3 Å². The number of aliphatic carboxylic acids is 1. The molecule has 2 aromatic rings. The van der Waals surface area contributed by atoms with Crippen LogP contribution < -0.4 is 0 Å². The van der Waals surface area contributed by atoms with Crippen molar-refractivity contribution in [3.8, 4) is 10.8 Å². The fourth-order valence-electron chi connectivity index (χ4n) is 2.98. The average molecular weight is 348 g/mol. The van der Waals surface area contributed by atoms with Crippen LogP contribution in [0, 0.1) is 19.3 Å². The van der Waals surface area contributed by atoms with Crippen molar-refractivity contribution in [1.29, 1.82) is 0 Å². The predicted octanol–water partition coefficient (Wildman–Crippen LogP) is 3.35. The number of hydrogen-bond donors (Lipinski definition) is 1. The number of carbonyl (C=O) groups is 2. The van der Waals surface area contributed by atoms with Crippen molar-refractivity contribution in [2.45, 2.75) is 33.6 Å². The summed E-state index contributed by atoms with van der Waals surface area (Å²) < 4.78 is 5.57. The number of likely N-dealkylation sites (tertiary alicyclic amines) is 1. The number of carbonyl (C=O) groups excluding carboxylic acids is 1. The van der Waals surface area contributed by atoms with Crippen molar-refractivity contribution in [3.63, 3.8) is 0 Å². The topological polar surface area (TPSA) is 83.6 Å². The first-order valence-corrected chi connectivity index (χ1v) is 8.69. The second-order valence-electron chi connectivity index (χ2n) is 6.54. The maximum Gasteiger partial charge on any atom is 0.311 e. The highest BCUT2D eigenvalue weighted by Crippen LogP contribution is 2.33. The van der Waals surface area contributed by atoms with Crippen molar-refractivity contribution < 1.29 is 19.1 Å². The molecule has 1 fully saturated rings. The molecule has 6 nitrogen and oxygen atoms in total. The van der Waals surface area contributed by atoms with E-state index in [1.165, 1.54) is 11.3 Å². The number of aromatic nitrogens is 1. The lowest BCUT2D eigenvalue weighted by Gasteiger charge is -2.37. The predicted molar refractivity (Wildman–Crippen MR) is 90.2 cm³/mol. The SMILES string of the molecule is Cc1ccc(-c2nc(C)c(C(=O)N3CCCC(C)(C(=O)O)C3)s2)o1. The zero-order valence-electron chi connectivity index (χ0n) is 14.0. The van der Waals surface area contributed by atoms with E-state index in [0.717, 1.165) is 5.76 Å². The minimum atomic E-state index is -0.881. The van der Waals surface area contributed by atoms with Gasteiger partial charge in [0.15, 0.2) is 10.8 Å². The summed E-state index contributed by atoms with van der Waals surface area (Å²) in [4.78, 5) is 31.0. The van der Waals surface area contributed by atoms with E-state index in [1.807, 2.05) is 19.1 Å². The molecule has 1 atom stereocenters. The van der Waals surface area contributed by atoms with Gasteiger partial charge in [-0.1, -0.05) is 0 Å². The zero-order valence-corrected chi connectivity index (χ0v) is 14.8. The van der Waals surface area contributed by atoms with Gasteiger partial charge in [-0.3, -0.25) is 9.59 Å². The van der Waals surface area contributed by atoms with Gasteiger partial charge in [0.05, 0.1) is 11.1 Å². The molecular formula is C17H20N2O4S. The summed E-state index contributed by atoms with van der Waals surface area (Å²) in [5.41, 5.74) is -0.232. The molecule has 1 aliphatic rings. The summed E-state index contributed by atoms with van der Waals surface area (Å²) in [5, 5.41) is 10.1. The van der Waals surface area contributed by atoms with Gasteiger partial charge in [-0.15, -0.1) is 11.3 Å². The molecule has 0 saturated carbocycles. The van der Waals surface area contributed by atoms with Gasteiger partial charge >= 0.3 is 5.97 Å². The van der Waals surface area contributed by atoms with E-state index in [2.05, 4.69) is 4.98 Å². The number of nitrogens with zero attached hydrogens (tertiary/aromatic N) is 2. The quantitative estimate of drug-likeness (QED) is 0.919. The molecular weight excluding hydrogens is 328 g/mol. The number of carboxylic acids is 1. The largest absolute Gasteiger partial charge is 0.481 e. The summed E-state index contributed by atoms with van der Waals surface area (Å²) >= 11 is 1.29. The number of carboxylic acid groups (broad SMARTS) is 1. The molecule has 1 saturated heterocycles. The second-order valence-corrected chi connectivity index (χ2v) is 7.54. The molecule has 0 radical (unpaired) electrons. The third-order valence-electron chi connectivity index (χ3n) is 4.44. The van der Waals surface area contributed by atoms with Crippen LogP contribution in [0.15, 0.2) is 16.5 Å². The molecule has 0 aliphatic carbocycles. The molecule has 1 aliphatic heterocycles. The van der Waals surface area contributed by atoms with Crippen molar-refractivity contribution in [1.82, 2.24) is 9.88 Å². The number of rotatable bonds is 3. The van der Waals surface area contributed by atoms with Gasteiger partial charge in [0, 0.05) is 13.1 Å². The number of hydrogen-bond acceptors (Lipinski definition) is 5. The van der Waals surface area contributed by atoms with Gasteiger partial charge in [-0.2, -0.15) is 0 Å². The van der Waals surface area contributed by atoms with Crippen LogP contribution in [0.1, 0.15) is 40.9 Å². The number of amides is 1. The van der Waals surface area contributed by atoms with Crippen LogP contribution in [-0.4, -0.2) is 40.0 Å². The van der Waals surface area contributed by atoms with Crippen LogP contribution in [0.2, 0.25) is 0 Å². The number of thiazole rings is 1. The Morgan fingerprint density at radius 2 is 2.12 bits per heavy atom. The van der Waals surface area contributed by atoms with E-state index in [4.69, 9.17) is 4.42 Å². The van der Waals surface area contributed by atoms with E-state index < -0.39 is 11.4 Å². The summed E-state index contributed by atoms with van der Waals surface area (Å²) in [7, 11) is 0. The molecule has 0 aromatic carbocycles. The Balaban J connectivity index is 1.85. The molecule has 7 heteroatoms. The summed E-state index contributed by atoms with van der Waals surface area (Å²) in [5.74, 6) is 0.437. The van der Waals surface area contributed by atoms with Crippen molar-refractivity contribution >= 4 is 23.2 Å². The first-order valence-electron chi connectivity index (χ1n) is 7.87. The van der Waals surface area contributed by atoms with Gasteiger partial charge in [0.1, 0.15) is 10.6 Å². The summed E-state index contributed by atoms with van der Waals surface area (Å²) in [6, 6.07) is 3.70. The lowest BCUT2D eigenvalue weighted by Crippen LogP contribution is -2.48. The number of piperidine rings is 1. The molecule has 128 valence electrons. The Hall–Kier alpha value is -2.15. The van der Waals surface area contributed by atoms with Crippen LogP contribution in [0.3, 0.4) is 0 Å². The average Bonchev–Trinajstić information content (AvgIpc) is 3.12. The zero-order chi connectivity index (χ0) is 17.5. The Kier molecular flexibility index (Phi) is 4.21. The number of furan rings is 1. The third-order valence-corrected chi connectivity index (χ3v) is 5.60. The third kappa shape index (κ3) is 2.96. The standard InChI is InChI=1S/C17H20N2O4S/c1-10-5-6-12(23-10)14-18-11(2)13(24-14)15(20)19-8-4-7-17(3,9-19)16(21)22/h5-6H,4,7-9H2,1-3H3,(H,21,22). The highest BCUT2D eigenvalue weighted by atomic mass is 32.1. The van der Waals surface area contributed by atoms with Crippen molar-refractivity contribution in [2.75, 3.05) is 13.1 Å². The van der Waals surface area contributed by atoms with Gasteiger partial charge in [0.25, 0.3) is 5.91 Å². The lowest BCUT2D eigenvalue weighted by atomic mass is 9.82. The Bertz CT molecular complexity index is 794. The van der Waals surface area contributed by atoms with Gasteiger partial charge in [0.2, 0.25) is 0 Å². The molecule has 0 bridgehead atoms. The lowest BCUT2D eigenvalue weighted by molar-refractivity contribution is -0.150.